The molecule has 3 rings (SSSR count). The Morgan fingerprint density at radius 3 is 1.50 bits per heavy atom. The van der Waals surface area contributed by atoms with Crippen molar-refractivity contribution in [3.63, 3.8) is 0 Å². The molecular weight excluding hydrogens is 464 g/mol. The number of nitrogens with one attached hydrogen (secondary N) is 2. The van der Waals surface area contributed by atoms with Crippen molar-refractivity contribution >= 4 is 31.6 Å². The molecular formula is C18H14N4O8S2. The van der Waals surface area contributed by atoms with Gasteiger partial charge < -0.3 is 0 Å². The second-order valence-corrected chi connectivity index (χ2v) is 9.05. The Morgan fingerprint density at radius 2 is 1.06 bits per heavy atom. The van der Waals surface area contributed by atoms with Gasteiger partial charge in [-0.3, -0.25) is 29.5 Å². The van der Waals surface area contributed by atoms with Crippen LogP contribution in [-0.2, 0) is 20.2 Å². The van der Waals surface area contributed by atoms with Gasteiger partial charge >= 0.3 is 0 Å². The molecule has 12 nitrogen and oxygen atoms in total. The summed E-state index contributed by atoms with van der Waals surface area (Å²) < 4.78 is 62.1. The molecule has 0 aliphatic carbocycles. The summed E-state index contributed by atoms with van der Waals surface area (Å²) in [5.41, 5.74) is 4.03. The average molecular weight is 478 g/mol. The summed E-state index contributed by atoms with van der Waals surface area (Å²) in [4.78, 5) is 23.9. The van der Waals surface area contributed by atoms with Crippen molar-refractivity contribution in [2.75, 3.05) is 10.9 Å². The second kappa shape index (κ2) is 8.80. The molecule has 0 atom stereocenters. The van der Waals surface area contributed by atoms with Crippen LogP contribution in [0.1, 0.15) is 0 Å². The summed E-state index contributed by atoms with van der Waals surface area (Å²) in [6.07, 6.45) is 0. The fourth-order valence-electron chi connectivity index (χ4n) is 2.38. The predicted molar refractivity (Wildman–Crippen MR) is 112 cm³/mol. The largest absolute Gasteiger partial charge is 0.294 e. The zero-order chi connectivity index (χ0) is 23.5. The van der Waals surface area contributed by atoms with E-state index in [1.165, 1.54) is 30.3 Å². The SMILES string of the molecule is O=c1cc/c(=N\Nc2ccc(S(=O)(=O)O)cc2)c(=O)/c1=N\Nc1ccc(S(=O)(=O)O)cc1. The molecule has 0 radical (unpaired) electrons. The highest BCUT2D eigenvalue weighted by Gasteiger charge is 2.09. The van der Waals surface area contributed by atoms with Crippen molar-refractivity contribution in [2.24, 2.45) is 10.2 Å². The molecule has 14 heteroatoms. The average Bonchev–Trinajstić information content (AvgIpc) is 2.72. The lowest BCUT2D eigenvalue weighted by atomic mass is 10.3. The van der Waals surface area contributed by atoms with Crippen LogP contribution in [0.2, 0.25) is 0 Å². The minimum absolute atomic E-state index is 0.161. The van der Waals surface area contributed by atoms with E-state index in [9.17, 15) is 26.4 Å². The number of benzene rings is 3. The van der Waals surface area contributed by atoms with Crippen molar-refractivity contribution in [2.45, 2.75) is 9.79 Å². The van der Waals surface area contributed by atoms with Crippen LogP contribution in [0.3, 0.4) is 0 Å². The van der Waals surface area contributed by atoms with E-state index in [2.05, 4.69) is 21.1 Å². The lowest BCUT2D eigenvalue weighted by Crippen LogP contribution is -2.47. The lowest BCUT2D eigenvalue weighted by Gasteiger charge is -2.01. The molecule has 0 amide bonds. The second-order valence-electron chi connectivity index (χ2n) is 6.21. The molecule has 0 bridgehead atoms. The van der Waals surface area contributed by atoms with Crippen molar-refractivity contribution in [1.82, 2.24) is 0 Å². The Labute approximate surface area is 180 Å². The molecule has 0 unspecified atom stereocenters. The Hall–Kier alpha value is -3.72. The van der Waals surface area contributed by atoms with E-state index in [4.69, 9.17) is 9.11 Å². The highest BCUT2D eigenvalue weighted by molar-refractivity contribution is 7.86. The van der Waals surface area contributed by atoms with Gasteiger partial charge in [0.05, 0.1) is 21.2 Å². The van der Waals surface area contributed by atoms with Crippen molar-refractivity contribution in [1.29, 1.82) is 0 Å². The molecule has 166 valence electrons. The molecule has 0 saturated heterocycles. The summed E-state index contributed by atoms with van der Waals surface area (Å²) in [5.74, 6) is 0. The normalized spacial score (nSPS) is 13.2. The third kappa shape index (κ3) is 5.50. The van der Waals surface area contributed by atoms with Crippen LogP contribution in [0.4, 0.5) is 11.4 Å². The number of anilines is 2. The van der Waals surface area contributed by atoms with E-state index in [1.54, 1.807) is 0 Å². The van der Waals surface area contributed by atoms with E-state index in [-0.39, 0.29) is 20.8 Å². The topological polar surface area (TPSA) is 192 Å². The van der Waals surface area contributed by atoms with E-state index in [0.717, 1.165) is 30.3 Å². The third-order valence-electron chi connectivity index (χ3n) is 3.98. The lowest BCUT2D eigenvalue weighted by molar-refractivity contribution is 0.481. The fraction of sp³-hybridized carbons (Fsp3) is 0. The molecule has 0 aliphatic rings. The summed E-state index contributed by atoms with van der Waals surface area (Å²) in [6.45, 7) is 0. The first-order valence-corrected chi connectivity index (χ1v) is 11.4. The zero-order valence-corrected chi connectivity index (χ0v) is 17.5. The Bertz CT molecular complexity index is 1590. The molecule has 0 aromatic heterocycles. The molecule has 3 aromatic rings. The van der Waals surface area contributed by atoms with Gasteiger partial charge in [-0.25, -0.2) is 0 Å². The van der Waals surface area contributed by atoms with Crippen molar-refractivity contribution in [3.8, 4) is 0 Å². The molecule has 3 aromatic carbocycles. The molecule has 0 heterocycles. The number of hydrogen-bond acceptors (Lipinski definition) is 10. The van der Waals surface area contributed by atoms with Gasteiger partial charge in [-0.05, 0) is 60.7 Å². The Kier molecular flexibility index (Phi) is 6.31. The van der Waals surface area contributed by atoms with Gasteiger partial charge in [-0.15, -0.1) is 0 Å². The maximum absolute atomic E-state index is 12.5. The molecule has 0 aliphatic heterocycles. The van der Waals surface area contributed by atoms with Gasteiger partial charge in [0.1, 0.15) is 5.36 Å². The Balaban J connectivity index is 1.88. The van der Waals surface area contributed by atoms with Crippen LogP contribution in [0, 0.1) is 0 Å². The van der Waals surface area contributed by atoms with Crippen LogP contribution in [-0.4, -0.2) is 25.9 Å². The molecule has 4 N–H and O–H groups in total. The molecule has 32 heavy (non-hydrogen) atoms. The van der Waals surface area contributed by atoms with E-state index >= 15 is 0 Å². The minimum atomic E-state index is -4.36. The first-order valence-electron chi connectivity index (χ1n) is 8.55. The van der Waals surface area contributed by atoms with Gasteiger partial charge in [0, 0.05) is 0 Å². The van der Waals surface area contributed by atoms with Crippen molar-refractivity contribution < 1.29 is 25.9 Å². The minimum Gasteiger partial charge on any atom is -0.287 e. The van der Waals surface area contributed by atoms with Crippen molar-refractivity contribution in [3.05, 3.63) is 91.8 Å². The highest BCUT2D eigenvalue weighted by atomic mass is 32.2. The standard InChI is InChI=1S/C18H14N4O8S2/c23-16-10-9-15(21-19-11-1-5-13(6-2-11)31(25,26)27)18(24)17(16)22-20-12-3-7-14(8-4-12)32(28,29)30/h1-10,19-20H,(H,25,26,27)(H,28,29,30)/b21-15+,22-17-. The maximum Gasteiger partial charge on any atom is 0.294 e. The van der Waals surface area contributed by atoms with Gasteiger partial charge in [0.25, 0.3) is 20.2 Å². The van der Waals surface area contributed by atoms with E-state index in [1.807, 2.05) is 0 Å². The smallest absolute Gasteiger partial charge is 0.287 e. The summed E-state index contributed by atoms with van der Waals surface area (Å²) in [6, 6.07) is 11.9. The van der Waals surface area contributed by atoms with Gasteiger partial charge in [-0.2, -0.15) is 27.0 Å². The summed E-state index contributed by atoms with van der Waals surface area (Å²) in [7, 11) is -8.71. The Morgan fingerprint density at radius 1 is 0.625 bits per heavy atom. The monoisotopic (exact) mass is 478 g/mol. The number of nitrogens with zero attached hydrogens (tertiary/aromatic N) is 2. The predicted octanol–water partition coefficient (Wildman–Crippen LogP) is -0.368. The van der Waals surface area contributed by atoms with Gasteiger partial charge in [0.15, 0.2) is 5.36 Å². The van der Waals surface area contributed by atoms with Gasteiger partial charge in [-0.1, -0.05) is 0 Å². The van der Waals surface area contributed by atoms with Crippen LogP contribution in [0.25, 0.3) is 0 Å². The summed E-state index contributed by atoms with van der Waals surface area (Å²) in [5, 5.41) is 6.98. The van der Waals surface area contributed by atoms with Crippen LogP contribution >= 0.6 is 0 Å². The highest BCUT2D eigenvalue weighted by Crippen LogP contribution is 2.14. The maximum atomic E-state index is 12.5. The number of hydrogen-bond donors (Lipinski definition) is 4. The van der Waals surface area contributed by atoms with Crippen LogP contribution < -0.4 is 32.4 Å². The van der Waals surface area contributed by atoms with E-state index in [0.29, 0.717) is 5.69 Å². The molecule has 0 spiro atoms. The van der Waals surface area contributed by atoms with E-state index < -0.39 is 36.5 Å². The van der Waals surface area contributed by atoms with Crippen LogP contribution in [0.5, 0.6) is 0 Å². The quantitative estimate of drug-likeness (QED) is 0.268. The molecule has 0 saturated carbocycles. The first kappa shape index (κ1) is 23.0. The first-order chi connectivity index (χ1) is 14.9. The van der Waals surface area contributed by atoms with Crippen LogP contribution in [0.15, 0.2) is 90.2 Å². The fourth-order valence-corrected chi connectivity index (χ4v) is 3.34. The zero-order valence-electron chi connectivity index (χ0n) is 15.8. The number of rotatable bonds is 6. The van der Waals surface area contributed by atoms with Gasteiger partial charge in [0.2, 0.25) is 10.9 Å². The molecule has 0 fully saturated rings. The summed E-state index contributed by atoms with van der Waals surface area (Å²) >= 11 is 0. The third-order valence-corrected chi connectivity index (χ3v) is 5.72.